The van der Waals surface area contributed by atoms with E-state index in [-0.39, 0.29) is 11.9 Å². The molecule has 0 unspecified atom stereocenters. The lowest BCUT2D eigenvalue weighted by Crippen LogP contribution is -2.51. The van der Waals surface area contributed by atoms with E-state index in [0.717, 1.165) is 27.9 Å². The molecule has 1 aliphatic rings. The van der Waals surface area contributed by atoms with E-state index in [4.69, 9.17) is 23.2 Å². The first-order valence-corrected chi connectivity index (χ1v) is 11.6. The lowest BCUT2D eigenvalue weighted by Gasteiger charge is -2.43. The van der Waals surface area contributed by atoms with Crippen LogP contribution < -0.4 is 4.90 Å². The zero-order valence-electron chi connectivity index (χ0n) is 18.9. The Morgan fingerprint density at radius 1 is 0.970 bits per heavy atom. The number of halogens is 2. The number of nitriles is 1. The maximum absolute atomic E-state index is 13.6. The van der Waals surface area contributed by atoms with Crippen molar-refractivity contribution in [2.45, 2.75) is 26.8 Å². The highest BCUT2D eigenvalue weighted by Gasteiger charge is 2.33. The molecule has 3 aromatic rings. The van der Waals surface area contributed by atoms with Gasteiger partial charge >= 0.3 is 0 Å². The molecule has 3 aromatic carbocycles. The Balaban J connectivity index is 1.70. The van der Waals surface area contributed by atoms with Crippen LogP contribution in [0.3, 0.4) is 0 Å². The number of nitrogens with zero attached hydrogens (tertiary/aromatic N) is 3. The molecule has 1 saturated heterocycles. The van der Waals surface area contributed by atoms with Crippen LogP contribution in [0.25, 0.3) is 0 Å². The summed E-state index contributed by atoms with van der Waals surface area (Å²) in [5, 5.41) is 10.6. The van der Waals surface area contributed by atoms with Gasteiger partial charge in [-0.3, -0.25) is 4.79 Å². The molecule has 4 nitrogen and oxygen atoms in total. The third-order valence-electron chi connectivity index (χ3n) is 6.21. The zero-order chi connectivity index (χ0) is 23.7. The van der Waals surface area contributed by atoms with Crippen molar-refractivity contribution >= 4 is 34.8 Å². The topological polar surface area (TPSA) is 47.3 Å². The maximum atomic E-state index is 13.6. The lowest BCUT2D eigenvalue weighted by atomic mass is 9.96. The molecule has 1 atom stereocenters. The van der Waals surface area contributed by atoms with Gasteiger partial charge in [0.15, 0.2) is 0 Å². The first-order chi connectivity index (χ1) is 15.8. The van der Waals surface area contributed by atoms with Gasteiger partial charge in [-0.05, 0) is 79.4 Å². The smallest absolute Gasteiger partial charge is 0.254 e. The van der Waals surface area contributed by atoms with Gasteiger partial charge < -0.3 is 9.80 Å². The van der Waals surface area contributed by atoms with E-state index in [1.807, 2.05) is 62.1 Å². The number of benzene rings is 3. The third-order valence-corrected chi connectivity index (χ3v) is 6.77. The Bertz CT molecular complexity index is 1220. The second-order valence-electron chi connectivity index (χ2n) is 8.56. The van der Waals surface area contributed by atoms with Gasteiger partial charge in [0, 0.05) is 30.2 Å². The predicted octanol–water partition coefficient (Wildman–Crippen LogP) is 6.49. The number of carbonyl (C=O) groups is 1. The Morgan fingerprint density at radius 3 is 2.24 bits per heavy atom. The SMILES string of the molecule is Cc1ccc(N2CCN(C(=O)c3c(C)cc(C#N)cc3C)C[C@H]2c2ccc(Cl)cc2)c(Cl)c1. The van der Waals surface area contributed by atoms with Crippen molar-refractivity contribution in [1.29, 1.82) is 5.26 Å². The van der Waals surface area contributed by atoms with Gasteiger partial charge in [-0.2, -0.15) is 5.26 Å². The number of hydrogen-bond donors (Lipinski definition) is 0. The van der Waals surface area contributed by atoms with E-state index >= 15 is 0 Å². The molecule has 0 radical (unpaired) electrons. The summed E-state index contributed by atoms with van der Waals surface area (Å²) in [4.78, 5) is 17.8. The van der Waals surface area contributed by atoms with Crippen LogP contribution in [0.4, 0.5) is 5.69 Å². The molecule has 0 aromatic heterocycles. The van der Waals surface area contributed by atoms with Gasteiger partial charge in [0.05, 0.1) is 28.4 Å². The summed E-state index contributed by atoms with van der Waals surface area (Å²) in [6.45, 7) is 7.54. The molecule has 0 aliphatic carbocycles. The molecule has 33 heavy (non-hydrogen) atoms. The van der Waals surface area contributed by atoms with Crippen molar-refractivity contribution in [3.05, 3.63) is 98.0 Å². The van der Waals surface area contributed by atoms with Crippen LogP contribution in [-0.2, 0) is 0 Å². The molecule has 4 rings (SSSR count). The molecular weight excluding hydrogens is 453 g/mol. The minimum atomic E-state index is -0.0702. The number of anilines is 1. The quantitative estimate of drug-likeness (QED) is 0.432. The van der Waals surface area contributed by atoms with Crippen LogP contribution in [0.15, 0.2) is 54.6 Å². The molecule has 1 amide bonds. The molecule has 0 saturated carbocycles. The second kappa shape index (κ2) is 9.47. The third kappa shape index (κ3) is 4.71. The summed E-state index contributed by atoms with van der Waals surface area (Å²) >= 11 is 12.8. The summed E-state index contributed by atoms with van der Waals surface area (Å²) in [6.07, 6.45) is 0. The highest BCUT2D eigenvalue weighted by atomic mass is 35.5. The summed E-state index contributed by atoms with van der Waals surface area (Å²) in [5.41, 5.74) is 6.02. The average Bonchev–Trinajstić information content (AvgIpc) is 2.79. The Labute approximate surface area is 205 Å². The van der Waals surface area contributed by atoms with Gasteiger partial charge in [0.2, 0.25) is 0 Å². The first kappa shape index (κ1) is 23.2. The number of rotatable bonds is 3. The molecule has 0 spiro atoms. The maximum Gasteiger partial charge on any atom is 0.254 e. The van der Waals surface area contributed by atoms with Crippen LogP contribution in [0, 0.1) is 32.1 Å². The molecule has 1 aliphatic heterocycles. The monoisotopic (exact) mass is 477 g/mol. The van der Waals surface area contributed by atoms with Crippen LogP contribution in [0.5, 0.6) is 0 Å². The van der Waals surface area contributed by atoms with Crippen molar-refractivity contribution in [3.63, 3.8) is 0 Å². The van der Waals surface area contributed by atoms with E-state index < -0.39 is 0 Å². The average molecular weight is 478 g/mol. The van der Waals surface area contributed by atoms with Crippen LogP contribution in [-0.4, -0.2) is 30.4 Å². The van der Waals surface area contributed by atoms with Crippen LogP contribution >= 0.6 is 23.2 Å². The number of hydrogen-bond acceptors (Lipinski definition) is 3. The Kier molecular flexibility index (Phi) is 6.65. The fourth-order valence-electron chi connectivity index (χ4n) is 4.59. The zero-order valence-corrected chi connectivity index (χ0v) is 20.4. The van der Waals surface area contributed by atoms with Crippen molar-refractivity contribution in [3.8, 4) is 6.07 Å². The molecule has 1 heterocycles. The standard InChI is InChI=1S/C27H25Cl2N3O/c1-17-4-9-24(23(29)12-17)32-11-10-31(16-25(32)21-5-7-22(28)8-6-21)27(33)26-18(2)13-20(15-30)14-19(26)3/h4-9,12-14,25H,10-11,16H2,1-3H3/t25-/m0/s1. The van der Waals surface area contributed by atoms with Crippen LogP contribution in [0.2, 0.25) is 10.0 Å². The molecule has 1 fully saturated rings. The normalized spacial score (nSPS) is 15.9. The van der Waals surface area contributed by atoms with E-state index in [0.29, 0.717) is 40.8 Å². The molecule has 6 heteroatoms. The predicted molar refractivity (Wildman–Crippen MR) is 134 cm³/mol. The van der Waals surface area contributed by atoms with Gasteiger partial charge in [-0.25, -0.2) is 0 Å². The van der Waals surface area contributed by atoms with Gasteiger partial charge in [0.1, 0.15) is 0 Å². The summed E-state index contributed by atoms with van der Waals surface area (Å²) < 4.78 is 0. The van der Waals surface area contributed by atoms with E-state index in [1.165, 1.54) is 0 Å². The number of amides is 1. The fourth-order valence-corrected chi connectivity index (χ4v) is 5.06. The van der Waals surface area contributed by atoms with Gasteiger partial charge in [-0.1, -0.05) is 41.4 Å². The fraction of sp³-hybridized carbons (Fsp3) is 0.259. The van der Waals surface area contributed by atoms with Gasteiger partial charge in [0.25, 0.3) is 5.91 Å². The minimum Gasteiger partial charge on any atom is -0.360 e. The van der Waals surface area contributed by atoms with Crippen molar-refractivity contribution in [2.75, 3.05) is 24.5 Å². The van der Waals surface area contributed by atoms with E-state index in [1.54, 1.807) is 12.1 Å². The van der Waals surface area contributed by atoms with E-state index in [9.17, 15) is 10.1 Å². The highest BCUT2D eigenvalue weighted by molar-refractivity contribution is 6.33. The largest absolute Gasteiger partial charge is 0.360 e. The van der Waals surface area contributed by atoms with Crippen LogP contribution in [0.1, 0.15) is 44.2 Å². The summed E-state index contributed by atoms with van der Waals surface area (Å²) in [5.74, 6) is -0.0110. The molecular formula is C27H25Cl2N3O. The van der Waals surface area contributed by atoms with E-state index in [2.05, 4.69) is 17.0 Å². The summed E-state index contributed by atoms with van der Waals surface area (Å²) in [7, 11) is 0. The minimum absolute atomic E-state index is 0.0110. The van der Waals surface area contributed by atoms with Gasteiger partial charge in [-0.15, -0.1) is 0 Å². The number of carbonyl (C=O) groups excluding carboxylic acids is 1. The number of piperazine rings is 1. The highest BCUT2D eigenvalue weighted by Crippen LogP contribution is 2.36. The molecule has 168 valence electrons. The number of aryl methyl sites for hydroxylation is 3. The molecule has 0 bridgehead atoms. The first-order valence-electron chi connectivity index (χ1n) is 10.9. The summed E-state index contributed by atoms with van der Waals surface area (Å²) in [6, 6.07) is 19.5. The van der Waals surface area contributed by atoms with Crippen molar-refractivity contribution < 1.29 is 4.79 Å². The lowest BCUT2D eigenvalue weighted by molar-refractivity contribution is 0.0720. The Morgan fingerprint density at radius 2 is 1.64 bits per heavy atom. The molecule has 0 N–H and O–H groups in total. The van der Waals surface area contributed by atoms with Crippen molar-refractivity contribution in [1.82, 2.24) is 4.90 Å². The van der Waals surface area contributed by atoms with Crippen molar-refractivity contribution in [2.24, 2.45) is 0 Å². The second-order valence-corrected chi connectivity index (χ2v) is 9.41. The Hall–Kier alpha value is -3.00.